The number of fused-ring (bicyclic) bond motifs is 1. The molecule has 0 spiro atoms. The molecule has 2 heterocycles. The molecule has 2 unspecified atom stereocenters. The van der Waals surface area contributed by atoms with E-state index in [-0.39, 0.29) is 18.3 Å². The summed E-state index contributed by atoms with van der Waals surface area (Å²) in [4.78, 5) is 17.8. The SMILES string of the molecule is COc1ccc2nccc([C@@H](F)CCC3CCN(CC#Cc4ccc(C(F)(F)F)cc4)CC3CCC(=O)O)c2c1. The molecule has 0 amide bonds. The molecule has 5 nitrogen and oxygen atoms in total. The topological polar surface area (TPSA) is 62.7 Å². The average molecular weight is 557 g/mol. The molecule has 9 heteroatoms. The Kier molecular flexibility index (Phi) is 9.64. The van der Waals surface area contributed by atoms with E-state index < -0.39 is 23.9 Å². The van der Waals surface area contributed by atoms with Gasteiger partial charge in [-0.1, -0.05) is 11.8 Å². The number of carbonyl (C=O) groups is 1. The van der Waals surface area contributed by atoms with E-state index in [0.717, 1.165) is 30.5 Å². The minimum Gasteiger partial charge on any atom is -0.497 e. The van der Waals surface area contributed by atoms with E-state index in [1.807, 2.05) is 6.07 Å². The average Bonchev–Trinajstić information content (AvgIpc) is 2.94. The highest BCUT2D eigenvalue weighted by Gasteiger charge is 2.31. The van der Waals surface area contributed by atoms with Gasteiger partial charge in [-0.15, -0.1) is 0 Å². The molecule has 1 N–H and O–H groups in total. The molecule has 4 rings (SSSR count). The number of aliphatic carboxylic acids is 1. The van der Waals surface area contributed by atoms with Gasteiger partial charge in [0.15, 0.2) is 0 Å². The first-order chi connectivity index (χ1) is 19.1. The fourth-order valence-electron chi connectivity index (χ4n) is 5.37. The summed E-state index contributed by atoms with van der Waals surface area (Å²) in [5.74, 6) is 5.98. The minimum absolute atomic E-state index is 0.0417. The smallest absolute Gasteiger partial charge is 0.416 e. The molecule has 0 bridgehead atoms. The second kappa shape index (κ2) is 13.1. The van der Waals surface area contributed by atoms with Crippen molar-refractivity contribution in [3.63, 3.8) is 0 Å². The number of hydrogen-bond donors (Lipinski definition) is 1. The van der Waals surface area contributed by atoms with E-state index >= 15 is 4.39 Å². The van der Waals surface area contributed by atoms with Crippen LogP contribution in [0.25, 0.3) is 10.9 Å². The maximum Gasteiger partial charge on any atom is 0.416 e. The van der Waals surface area contributed by atoms with Gasteiger partial charge in [-0.25, -0.2) is 4.39 Å². The summed E-state index contributed by atoms with van der Waals surface area (Å²) in [6.45, 7) is 1.81. The van der Waals surface area contributed by atoms with E-state index in [2.05, 4.69) is 21.7 Å². The Balaban J connectivity index is 1.38. The molecule has 212 valence electrons. The van der Waals surface area contributed by atoms with Crippen LogP contribution in [0, 0.1) is 23.7 Å². The van der Waals surface area contributed by atoms with Gasteiger partial charge in [-0.2, -0.15) is 13.2 Å². The Morgan fingerprint density at radius 2 is 1.93 bits per heavy atom. The summed E-state index contributed by atoms with van der Waals surface area (Å²) in [6, 6.07) is 11.8. The zero-order chi connectivity index (χ0) is 28.7. The number of piperidine rings is 1. The lowest BCUT2D eigenvalue weighted by molar-refractivity contribution is -0.138. The van der Waals surface area contributed by atoms with Crippen LogP contribution in [0.3, 0.4) is 0 Å². The van der Waals surface area contributed by atoms with Crippen LogP contribution in [0.2, 0.25) is 0 Å². The highest BCUT2D eigenvalue weighted by atomic mass is 19.4. The number of ether oxygens (including phenoxy) is 1. The monoisotopic (exact) mass is 556 g/mol. The number of likely N-dealkylation sites (tertiary alicyclic amines) is 1. The van der Waals surface area contributed by atoms with Gasteiger partial charge in [-0.05, 0) is 98.2 Å². The highest BCUT2D eigenvalue weighted by molar-refractivity contribution is 5.83. The quantitative estimate of drug-likeness (QED) is 0.229. The number of pyridine rings is 1. The fraction of sp³-hybridized carbons (Fsp3) is 0.419. The second-order valence-electron chi connectivity index (χ2n) is 10.2. The third kappa shape index (κ3) is 7.72. The predicted molar refractivity (Wildman–Crippen MR) is 145 cm³/mol. The van der Waals surface area contributed by atoms with Crippen LogP contribution < -0.4 is 4.74 Å². The Labute approximate surface area is 231 Å². The van der Waals surface area contributed by atoms with Crippen molar-refractivity contribution in [1.82, 2.24) is 9.88 Å². The normalized spacial score (nSPS) is 18.6. The largest absolute Gasteiger partial charge is 0.497 e. The van der Waals surface area contributed by atoms with E-state index in [1.165, 1.54) is 12.1 Å². The molecular weight excluding hydrogens is 524 g/mol. The molecule has 1 aromatic heterocycles. The summed E-state index contributed by atoms with van der Waals surface area (Å²) >= 11 is 0. The number of hydrogen-bond acceptors (Lipinski definition) is 4. The van der Waals surface area contributed by atoms with Crippen LogP contribution in [0.1, 0.15) is 55.0 Å². The van der Waals surface area contributed by atoms with E-state index in [0.29, 0.717) is 54.7 Å². The molecule has 0 radical (unpaired) electrons. The summed E-state index contributed by atoms with van der Waals surface area (Å²) in [6.07, 6.45) is -1.69. The number of benzene rings is 2. The van der Waals surface area contributed by atoms with E-state index in [1.54, 1.807) is 31.5 Å². The first-order valence-corrected chi connectivity index (χ1v) is 13.3. The summed E-state index contributed by atoms with van der Waals surface area (Å²) < 4.78 is 59.1. The first kappa shape index (κ1) is 29.3. The van der Waals surface area contributed by atoms with Crippen LogP contribution in [-0.2, 0) is 11.0 Å². The van der Waals surface area contributed by atoms with Crippen LogP contribution in [0.15, 0.2) is 54.7 Å². The van der Waals surface area contributed by atoms with Gasteiger partial charge < -0.3 is 9.84 Å². The van der Waals surface area contributed by atoms with Crippen molar-refractivity contribution in [2.24, 2.45) is 11.8 Å². The Morgan fingerprint density at radius 3 is 2.62 bits per heavy atom. The number of carboxylic acid groups (broad SMARTS) is 1. The lowest BCUT2D eigenvalue weighted by Crippen LogP contribution is -2.41. The molecule has 1 aliphatic heterocycles. The first-order valence-electron chi connectivity index (χ1n) is 13.3. The molecule has 3 atom stereocenters. The van der Waals surface area contributed by atoms with Crippen LogP contribution in [-0.4, -0.2) is 47.7 Å². The van der Waals surface area contributed by atoms with Crippen molar-refractivity contribution < 1.29 is 32.2 Å². The van der Waals surface area contributed by atoms with Gasteiger partial charge in [0.25, 0.3) is 0 Å². The molecule has 2 aromatic carbocycles. The van der Waals surface area contributed by atoms with Gasteiger partial charge in [0, 0.05) is 30.1 Å². The van der Waals surface area contributed by atoms with Crippen LogP contribution >= 0.6 is 0 Å². The molecule has 40 heavy (non-hydrogen) atoms. The zero-order valence-corrected chi connectivity index (χ0v) is 22.3. The number of carboxylic acids is 1. The van der Waals surface area contributed by atoms with Gasteiger partial charge in [0.2, 0.25) is 0 Å². The van der Waals surface area contributed by atoms with Gasteiger partial charge >= 0.3 is 12.1 Å². The van der Waals surface area contributed by atoms with Crippen molar-refractivity contribution >= 4 is 16.9 Å². The van der Waals surface area contributed by atoms with Crippen LogP contribution in [0.4, 0.5) is 17.6 Å². The number of halogens is 4. The van der Waals surface area contributed by atoms with Crippen molar-refractivity contribution in [2.75, 3.05) is 26.7 Å². The third-order valence-corrected chi connectivity index (χ3v) is 7.56. The second-order valence-corrected chi connectivity index (χ2v) is 10.2. The van der Waals surface area contributed by atoms with Gasteiger partial charge in [-0.3, -0.25) is 14.7 Å². The standard InChI is InChI=1S/C31H32F4N2O3/c1-40-25-10-12-29-27(19-25)26(14-16-36-29)28(32)11-6-22-15-18-37(20-23(22)7-13-30(38)39)17-2-3-21-4-8-24(9-5-21)31(33,34)35/h4-5,8-10,12,14,16,19,22-23,28H,6-7,11,13,15,17-18,20H2,1H3,(H,38,39)/t22?,23?,28-/m0/s1. The molecule has 1 aliphatic rings. The number of alkyl halides is 4. The Bertz CT molecular complexity index is 1360. The number of aromatic nitrogens is 1. The summed E-state index contributed by atoms with van der Waals surface area (Å²) in [7, 11) is 1.56. The fourth-order valence-corrected chi connectivity index (χ4v) is 5.37. The van der Waals surface area contributed by atoms with Gasteiger partial charge in [0.05, 0.1) is 24.7 Å². The van der Waals surface area contributed by atoms with Crippen molar-refractivity contribution in [3.05, 3.63) is 71.4 Å². The van der Waals surface area contributed by atoms with Crippen molar-refractivity contribution in [3.8, 4) is 17.6 Å². The zero-order valence-electron chi connectivity index (χ0n) is 22.3. The summed E-state index contributed by atoms with van der Waals surface area (Å²) in [5, 5.41) is 9.98. The Hall–Kier alpha value is -3.64. The predicted octanol–water partition coefficient (Wildman–Crippen LogP) is 6.91. The molecule has 3 aromatic rings. The van der Waals surface area contributed by atoms with Crippen molar-refractivity contribution in [2.45, 2.75) is 44.5 Å². The van der Waals surface area contributed by atoms with Crippen LogP contribution in [0.5, 0.6) is 5.75 Å². The number of nitrogens with zero attached hydrogens (tertiary/aromatic N) is 2. The number of methoxy groups -OCH3 is 1. The van der Waals surface area contributed by atoms with Crippen molar-refractivity contribution in [1.29, 1.82) is 0 Å². The lowest BCUT2D eigenvalue weighted by atomic mass is 9.79. The number of rotatable bonds is 9. The molecule has 1 saturated heterocycles. The highest BCUT2D eigenvalue weighted by Crippen LogP contribution is 2.36. The van der Waals surface area contributed by atoms with Gasteiger partial charge in [0.1, 0.15) is 11.9 Å². The Morgan fingerprint density at radius 1 is 1.15 bits per heavy atom. The van der Waals surface area contributed by atoms with E-state index in [4.69, 9.17) is 4.74 Å². The molecular formula is C31H32F4N2O3. The maximum absolute atomic E-state index is 15.5. The molecule has 0 aliphatic carbocycles. The summed E-state index contributed by atoms with van der Waals surface area (Å²) in [5.41, 5.74) is 1.06. The third-order valence-electron chi connectivity index (χ3n) is 7.56. The molecule has 0 saturated carbocycles. The minimum atomic E-state index is -4.39. The lowest BCUT2D eigenvalue weighted by Gasteiger charge is -2.38. The maximum atomic E-state index is 15.5. The van der Waals surface area contributed by atoms with E-state index in [9.17, 15) is 23.1 Å². The molecule has 1 fully saturated rings.